The van der Waals surface area contributed by atoms with Gasteiger partial charge in [0.25, 0.3) is 0 Å². The summed E-state index contributed by atoms with van der Waals surface area (Å²) in [4.78, 5) is 18.5. The number of likely N-dealkylation sites (N-methyl/N-ethyl adjacent to an activating group) is 1. The number of aryl methyl sites for hydroxylation is 1. The summed E-state index contributed by atoms with van der Waals surface area (Å²) >= 11 is 1.81. The molecule has 2 aromatic rings. The van der Waals surface area contributed by atoms with E-state index in [-0.39, 0.29) is 0 Å². The molecule has 0 radical (unpaired) electrons. The zero-order chi connectivity index (χ0) is 18.9. The third kappa shape index (κ3) is 5.98. The molecule has 1 N–H and O–H groups in total. The van der Waals surface area contributed by atoms with E-state index >= 15 is 0 Å². The van der Waals surface area contributed by atoms with Gasteiger partial charge in [0.15, 0.2) is 0 Å². The number of aliphatic imine (C=N–C) groups is 1. The molecule has 0 saturated carbocycles. The average Bonchev–Trinajstić information content (AvgIpc) is 3.17. The van der Waals surface area contributed by atoms with Crippen LogP contribution < -0.4 is 15.0 Å². The quantitative estimate of drug-likeness (QED) is 0.523. The summed E-state index contributed by atoms with van der Waals surface area (Å²) in [6.45, 7) is 7.15. The second-order valence-corrected chi connectivity index (χ2v) is 7.43. The Bertz CT molecular complexity index is 743. The molecule has 27 heavy (non-hydrogen) atoms. The molecule has 0 atom stereocenters. The molecule has 2 aromatic heterocycles. The number of thiophene rings is 1. The van der Waals surface area contributed by atoms with Crippen molar-refractivity contribution in [3.05, 3.63) is 33.6 Å². The first-order chi connectivity index (χ1) is 13.3. The van der Waals surface area contributed by atoms with E-state index in [9.17, 15) is 0 Å². The summed E-state index contributed by atoms with van der Waals surface area (Å²) in [6, 6.07) is 6.67. The van der Waals surface area contributed by atoms with Crippen molar-refractivity contribution in [2.24, 2.45) is 4.99 Å². The lowest BCUT2D eigenvalue weighted by Crippen LogP contribution is -2.37. The van der Waals surface area contributed by atoms with Crippen LogP contribution in [-0.2, 0) is 17.7 Å². The normalized spacial score (nSPS) is 14.8. The zero-order valence-corrected chi connectivity index (χ0v) is 16.8. The monoisotopic (exact) mass is 389 g/mol. The van der Waals surface area contributed by atoms with Crippen LogP contribution in [0.3, 0.4) is 0 Å². The molecule has 3 rings (SSSR count). The van der Waals surface area contributed by atoms with Crippen molar-refractivity contribution in [2.45, 2.75) is 19.9 Å². The maximum Gasteiger partial charge on any atom is 0.319 e. The van der Waals surface area contributed by atoms with Gasteiger partial charge in [-0.3, -0.25) is 4.99 Å². The van der Waals surface area contributed by atoms with E-state index in [0.29, 0.717) is 32.4 Å². The zero-order valence-electron chi connectivity index (χ0n) is 16.0. The molecule has 1 aliphatic heterocycles. The number of morpholine rings is 1. The first-order valence-electron chi connectivity index (χ1n) is 9.35. The molecule has 0 aliphatic carbocycles. The first kappa shape index (κ1) is 19.7. The first-order valence-corrected chi connectivity index (χ1v) is 10.2. The summed E-state index contributed by atoms with van der Waals surface area (Å²) in [6.07, 6.45) is 2.87. The van der Waals surface area contributed by atoms with E-state index in [1.807, 2.05) is 30.7 Å². The highest BCUT2D eigenvalue weighted by Gasteiger charge is 2.15. The molecular formula is C19H27N5O2S. The SMILES string of the molecule is CCc1ccc(CN=Cc2cc(N3CCOCC3)nc(OCCNC)n2)s1. The standard InChI is InChI=1S/C19H27N5O2S/c1-3-16-4-5-17(27-16)14-21-13-15-12-18(24-7-10-25-11-8-24)23-19(22-15)26-9-6-20-2/h4-5,12-13,20H,3,6-11,14H2,1-2H3. The number of hydrogen-bond acceptors (Lipinski definition) is 8. The van der Waals surface area contributed by atoms with Gasteiger partial charge in [0.05, 0.1) is 25.5 Å². The van der Waals surface area contributed by atoms with E-state index in [1.165, 1.54) is 9.75 Å². The van der Waals surface area contributed by atoms with E-state index in [4.69, 9.17) is 9.47 Å². The maximum absolute atomic E-state index is 5.70. The van der Waals surface area contributed by atoms with E-state index in [2.05, 4.69) is 44.2 Å². The fraction of sp³-hybridized carbons (Fsp3) is 0.526. The molecule has 1 aliphatic rings. The summed E-state index contributed by atoms with van der Waals surface area (Å²) < 4.78 is 11.1. The fourth-order valence-corrected chi connectivity index (χ4v) is 3.58. The van der Waals surface area contributed by atoms with Crippen LogP contribution in [0.5, 0.6) is 6.01 Å². The van der Waals surface area contributed by atoms with E-state index in [1.54, 1.807) is 0 Å². The number of ether oxygens (including phenoxy) is 2. The minimum Gasteiger partial charge on any atom is -0.462 e. The van der Waals surface area contributed by atoms with Crippen LogP contribution in [0.15, 0.2) is 23.2 Å². The van der Waals surface area contributed by atoms with Crippen LogP contribution in [0.4, 0.5) is 5.82 Å². The van der Waals surface area contributed by atoms with Crippen LogP contribution in [-0.4, -0.2) is 62.7 Å². The highest BCUT2D eigenvalue weighted by molar-refractivity contribution is 7.11. The molecule has 3 heterocycles. The molecule has 0 spiro atoms. The Labute approximate surface area is 164 Å². The Hall–Kier alpha value is -2.03. The average molecular weight is 390 g/mol. The number of rotatable bonds is 9. The Balaban J connectivity index is 1.72. The van der Waals surface area contributed by atoms with Crippen molar-refractivity contribution < 1.29 is 9.47 Å². The third-order valence-electron chi connectivity index (χ3n) is 4.17. The fourth-order valence-electron chi connectivity index (χ4n) is 2.69. The maximum atomic E-state index is 5.70. The van der Waals surface area contributed by atoms with Crippen molar-refractivity contribution in [3.63, 3.8) is 0 Å². The molecule has 1 fully saturated rings. The molecule has 1 saturated heterocycles. The molecule has 0 bridgehead atoms. The molecule has 0 aromatic carbocycles. The lowest BCUT2D eigenvalue weighted by Gasteiger charge is -2.28. The van der Waals surface area contributed by atoms with Gasteiger partial charge in [0.1, 0.15) is 12.4 Å². The predicted molar refractivity (Wildman–Crippen MR) is 109 cm³/mol. The molecule has 7 nitrogen and oxygen atoms in total. The van der Waals surface area contributed by atoms with Crippen molar-refractivity contribution in [2.75, 3.05) is 51.4 Å². The van der Waals surface area contributed by atoms with Gasteiger partial charge in [-0.25, -0.2) is 0 Å². The topological polar surface area (TPSA) is 71.9 Å². The lowest BCUT2D eigenvalue weighted by molar-refractivity contribution is 0.122. The van der Waals surface area contributed by atoms with Crippen LogP contribution in [0, 0.1) is 0 Å². The summed E-state index contributed by atoms with van der Waals surface area (Å²) in [5, 5.41) is 3.06. The Morgan fingerprint density at radius 2 is 2.11 bits per heavy atom. The second-order valence-electron chi connectivity index (χ2n) is 6.18. The van der Waals surface area contributed by atoms with Gasteiger partial charge in [0.2, 0.25) is 0 Å². The minimum atomic E-state index is 0.389. The number of nitrogens with zero attached hydrogens (tertiary/aromatic N) is 4. The second kappa shape index (κ2) is 10.3. The summed E-state index contributed by atoms with van der Waals surface area (Å²) in [5.41, 5.74) is 0.762. The number of hydrogen-bond donors (Lipinski definition) is 1. The third-order valence-corrected chi connectivity index (χ3v) is 5.38. The largest absolute Gasteiger partial charge is 0.462 e. The van der Waals surface area contributed by atoms with Gasteiger partial charge in [-0.05, 0) is 25.6 Å². The highest BCUT2D eigenvalue weighted by Crippen LogP contribution is 2.19. The van der Waals surface area contributed by atoms with Gasteiger partial charge in [-0.1, -0.05) is 6.92 Å². The number of anilines is 1. The highest BCUT2D eigenvalue weighted by atomic mass is 32.1. The number of aromatic nitrogens is 2. The molecule has 0 amide bonds. The lowest BCUT2D eigenvalue weighted by atomic mass is 10.3. The van der Waals surface area contributed by atoms with Crippen LogP contribution in [0.1, 0.15) is 22.4 Å². The number of nitrogens with one attached hydrogen (secondary N) is 1. The van der Waals surface area contributed by atoms with E-state index in [0.717, 1.165) is 37.6 Å². The molecule has 8 heteroatoms. The van der Waals surface area contributed by atoms with Gasteiger partial charge in [-0.15, -0.1) is 11.3 Å². The van der Waals surface area contributed by atoms with Crippen molar-refractivity contribution >= 4 is 23.4 Å². The van der Waals surface area contributed by atoms with Crippen LogP contribution in [0.2, 0.25) is 0 Å². The Morgan fingerprint density at radius 1 is 1.30 bits per heavy atom. The van der Waals surface area contributed by atoms with E-state index < -0.39 is 0 Å². The van der Waals surface area contributed by atoms with Crippen molar-refractivity contribution in [3.8, 4) is 6.01 Å². The summed E-state index contributed by atoms with van der Waals surface area (Å²) in [5.74, 6) is 0.860. The Kier molecular flexibility index (Phi) is 7.55. The smallest absolute Gasteiger partial charge is 0.319 e. The molecular weight excluding hydrogens is 362 g/mol. The summed E-state index contributed by atoms with van der Waals surface area (Å²) in [7, 11) is 1.89. The molecule has 0 unspecified atom stereocenters. The molecule has 146 valence electrons. The van der Waals surface area contributed by atoms with Gasteiger partial charge in [0, 0.05) is 41.7 Å². The minimum absolute atomic E-state index is 0.389. The van der Waals surface area contributed by atoms with Crippen LogP contribution >= 0.6 is 11.3 Å². The van der Waals surface area contributed by atoms with Gasteiger partial charge >= 0.3 is 6.01 Å². The van der Waals surface area contributed by atoms with Crippen LogP contribution in [0.25, 0.3) is 0 Å². The van der Waals surface area contributed by atoms with Gasteiger partial charge < -0.3 is 19.7 Å². The van der Waals surface area contributed by atoms with Crippen molar-refractivity contribution in [1.82, 2.24) is 15.3 Å². The predicted octanol–water partition coefficient (Wildman–Crippen LogP) is 2.15. The Morgan fingerprint density at radius 3 is 2.85 bits per heavy atom. The van der Waals surface area contributed by atoms with Gasteiger partial charge in [-0.2, -0.15) is 9.97 Å². The van der Waals surface area contributed by atoms with Crippen molar-refractivity contribution in [1.29, 1.82) is 0 Å².